The molecule has 0 spiro atoms. The molecule has 0 bridgehead atoms. The van der Waals surface area contributed by atoms with Gasteiger partial charge in [0.2, 0.25) is 5.95 Å². The first-order valence-corrected chi connectivity index (χ1v) is 9.92. The summed E-state index contributed by atoms with van der Waals surface area (Å²) in [5.41, 5.74) is 1.22. The third-order valence-electron chi connectivity index (χ3n) is 5.27. The maximum absolute atomic E-state index is 12.9. The van der Waals surface area contributed by atoms with Gasteiger partial charge in [-0.25, -0.2) is 4.79 Å². The Bertz CT molecular complexity index is 1120. The molecule has 27 heavy (non-hydrogen) atoms. The zero-order valence-corrected chi connectivity index (χ0v) is 17.0. The number of aromatic nitrogens is 4. The van der Waals surface area contributed by atoms with E-state index in [1.165, 1.54) is 24.5 Å². The molecule has 3 aromatic rings. The average Bonchev–Trinajstić information content (AvgIpc) is 3.27. The lowest BCUT2D eigenvalue weighted by Crippen LogP contribution is -2.37. The van der Waals surface area contributed by atoms with Crippen molar-refractivity contribution in [3.63, 3.8) is 0 Å². The second-order valence-electron chi connectivity index (χ2n) is 7.16. The number of aryl methyl sites for hydroxylation is 1. The Morgan fingerprint density at radius 1 is 1.19 bits per heavy atom. The average molecular weight is 432 g/mol. The van der Waals surface area contributed by atoms with Crippen LogP contribution < -0.4 is 16.6 Å². The molecular weight excluding hydrogens is 410 g/mol. The summed E-state index contributed by atoms with van der Waals surface area (Å²) < 4.78 is 5.46. The minimum absolute atomic E-state index is 0.324. The first kappa shape index (κ1) is 18.0. The number of nitrogens with zero attached hydrogens (tertiary/aromatic N) is 4. The van der Waals surface area contributed by atoms with Crippen LogP contribution in [0.25, 0.3) is 11.2 Å². The third-order valence-corrected chi connectivity index (χ3v) is 5.76. The zero-order chi connectivity index (χ0) is 19.1. The van der Waals surface area contributed by atoms with Crippen molar-refractivity contribution in [2.75, 3.05) is 5.32 Å². The van der Waals surface area contributed by atoms with Gasteiger partial charge in [-0.05, 0) is 30.5 Å². The lowest BCUT2D eigenvalue weighted by molar-refractivity contribution is 0.700. The molecular formula is C19H22BrN5O2. The largest absolute Gasteiger partial charge is 0.353 e. The van der Waals surface area contributed by atoms with Crippen LogP contribution in [-0.4, -0.2) is 24.7 Å². The number of hydrogen-bond donors (Lipinski definition) is 1. The van der Waals surface area contributed by atoms with E-state index in [0.29, 0.717) is 29.7 Å². The maximum Gasteiger partial charge on any atom is 0.332 e. The smallest absolute Gasteiger partial charge is 0.332 e. The Balaban J connectivity index is 1.91. The summed E-state index contributed by atoms with van der Waals surface area (Å²) in [6.07, 6.45) is 4.58. The van der Waals surface area contributed by atoms with Crippen molar-refractivity contribution >= 4 is 33.0 Å². The van der Waals surface area contributed by atoms with Gasteiger partial charge in [-0.2, -0.15) is 4.98 Å². The summed E-state index contributed by atoms with van der Waals surface area (Å²) in [6.45, 7) is 0.498. The van der Waals surface area contributed by atoms with Crippen molar-refractivity contribution in [3.8, 4) is 0 Å². The summed E-state index contributed by atoms with van der Waals surface area (Å²) in [6, 6.07) is 8.33. The second-order valence-corrected chi connectivity index (χ2v) is 8.07. The molecule has 1 aromatic carbocycles. The number of rotatable bonds is 4. The van der Waals surface area contributed by atoms with Crippen molar-refractivity contribution in [1.82, 2.24) is 18.7 Å². The van der Waals surface area contributed by atoms with Crippen molar-refractivity contribution < 1.29 is 0 Å². The molecule has 0 radical (unpaired) electrons. The maximum atomic E-state index is 12.9. The lowest BCUT2D eigenvalue weighted by atomic mass is 10.2. The van der Waals surface area contributed by atoms with Gasteiger partial charge in [-0.1, -0.05) is 40.9 Å². The minimum atomic E-state index is -0.368. The van der Waals surface area contributed by atoms with Crippen LogP contribution in [0, 0.1) is 0 Å². The molecule has 2 aromatic heterocycles. The van der Waals surface area contributed by atoms with E-state index in [0.717, 1.165) is 27.4 Å². The first-order valence-electron chi connectivity index (χ1n) is 9.13. The number of halogens is 1. The van der Waals surface area contributed by atoms with E-state index in [-0.39, 0.29) is 11.2 Å². The molecule has 1 N–H and O–H groups in total. The van der Waals surface area contributed by atoms with Crippen LogP contribution in [0.2, 0.25) is 0 Å². The normalized spacial score (nSPS) is 14.9. The minimum Gasteiger partial charge on any atom is -0.353 e. The first-order chi connectivity index (χ1) is 13.0. The van der Waals surface area contributed by atoms with Gasteiger partial charge in [-0.15, -0.1) is 0 Å². The molecule has 1 aliphatic rings. The summed E-state index contributed by atoms with van der Waals surface area (Å²) >= 11 is 3.50. The molecule has 0 unspecified atom stereocenters. The molecule has 1 saturated carbocycles. The number of nitrogens with one attached hydrogen (secondary N) is 1. The van der Waals surface area contributed by atoms with E-state index in [4.69, 9.17) is 0 Å². The van der Waals surface area contributed by atoms with Gasteiger partial charge in [0, 0.05) is 24.6 Å². The van der Waals surface area contributed by atoms with Crippen LogP contribution in [0.4, 0.5) is 5.95 Å². The molecule has 0 atom stereocenters. The Morgan fingerprint density at radius 3 is 2.63 bits per heavy atom. The second kappa shape index (κ2) is 6.99. The van der Waals surface area contributed by atoms with Gasteiger partial charge in [0.05, 0.1) is 6.54 Å². The van der Waals surface area contributed by atoms with Crippen LogP contribution in [0.15, 0.2) is 38.3 Å². The molecule has 4 rings (SSSR count). The number of hydrogen-bond acceptors (Lipinski definition) is 4. The monoisotopic (exact) mass is 431 g/mol. The number of anilines is 1. The third kappa shape index (κ3) is 3.22. The Kier molecular flexibility index (Phi) is 4.67. The Morgan fingerprint density at radius 2 is 1.93 bits per heavy atom. The molecule has 0 saturated heterocycles. The molecule has 7 nitrogen and oxygen atoms in total. The zero-order valence-electron chi connectivity index (χ0n) is 15.4. The van der Waals surface area contributed by atoms with Crippen molar-refractivity contribution in [2.45, 2.75) is 38.3 Å². The molecule has 8 heteroatoms. The molecule has 1 fully saturated rings. The van der Waals surface area contributed by atoms with Crippen LogP contribution >= 0.6 is 15.9 Å². The van der Waals surface area contributed by atoms with Crippen molar-refractivity contribution in [3.05, 3.63) is 55.1 Å². The van der Waals surface area contributed by atoms with Gasteiger partial charge >= 0.3 is 5.69 Å². The highest BCUT2D eigenvalue weighted by Gasteiger charge is 2.22. The van der Waals surface area contributed by atoms with E-state index in [2.05, 4.69) is 26.2 Å². The van der Waals surface area contributed by atoms with Crippen LogP contribution in [0.3, 0.4) is 0 Å². The molecule has 0 aliphatic heterocycles. The van der Waals surface area contributed by atoms with Gasteiger partial charge in [0.1, 0.15) is 0 Å². The standard InChI is InChI=1S/C19H22BrN5O2/c1-23-16-15(17(26)24(2)19(23)27)25(11-12-6-5-7-13(20)10-12)18(22-16)21-14-8-3-4-9-14/h5-7,10,14H,3-4,8-9,11H2,1-2H3,(H,21,22). The fourth-order valence-electron chi connectivity index (χ4n) is 3.78. The summed E-state index contributed by atoms with van der Waals surface area (Å²) in [5, 5.41) is 3.50. The number of benzene rings is 1. The lowest BCUT2D eigenvalue weighted by Gasteiger charge is -2.15. The van der Waals surface area contributed by atoms with Gasteiger partial charge < -0.3 is 5.32 Å². The van der Waals surface area contributed by atoms with Crippen LogP contribution in [0.5, 0.6) is 0 Å². The predicted octanol–water partition coefficient (Wildman–Crippen LogP) is 2.60. The predicted molar refractivity (Wildman–Crippen MR) is 109 cm³/mol. The highest BCUT2D eigenvalue weighted by Crippen LogP contribution is 2.25. The summed E-state index contributed by atoms with van der Waals surface area (Å²) in [5.74, 6) is 0.648. The van der Waals surface area contributed by atoms with Gasteiger partial charge in [-0.3, -0.25) is 18.5 Å². The molecule has 2 heterocycles. The SMILES string of the molecule is Cn1c(=O)c2c(nc(NC3CCCC3)n2Cc2cccc(Br)c2)n(C)c1=O. The van der Waals surface area contributed by atoms with Crippen molar-refractivity contribution in [2.24, 2.45) is 14.1 Å². The van der Waals surface area contributed by atoms with Crippen molar-refractivity contribution in [1.29, 1.82) is 0 Å². The highest BCUT2D eigenvalue weighted by atomic mass is 79.9. The Hall–Kier alpha value is -2.35. The molecule has 142 valence electrons. The van der Waals surface area contributed by atoms with E-state index < -0.39 is 0 Å². The Labute approximate surface area is 164 Å². The van der Waals surface area contributed by atoms with Gasteiger partial charge in [0.25, 0.3) is 5.56 Å². The van der Waals surface area contributed by atoms with Gasteiger partial charge in [0.15, 0.2) is 11.2 Å². The highest BCUT2D eigenvalue weighted by molar-refractivity contribution is 9.10. The van der Waals surface area contributed by atoms with E-state index >= 15 is 0 Å². The topological polar surface area (TPSA) is 73.8 Å². The fraction of sp³-hybridized carbons (Fsp3) is 0.421. The van der Waals surface area contributed by atoms with E-state index in [1.807, 2.05) is 28.8 Å². The molecule has 1 aliphatic carbocycles. The summed E-state index contributed by atoms with van der Waals surface area (Å²) in [7, 11) is 3.16. The fourth-order valence-corrected chi connectivity index (χ4v) is 4.23. The quantitative estimate of drug-likeness (QED) is 0.688. The summed E-state index contributed by atoms with van der Waals surface area (Å²) in [4.78, 5) is 29.8. The van der Waals surface area contributed by atoms with E-state index in [1.54, 1.807) is 7.05 Å². The van der Waals surface area contributed by atoms with E-state index in [9.17, 15) is 9.59 Å². The number of fused-ring (bicyclic) bond motifs is 1. The van der Waals surface area contributed by atoms with Crippen LogP contribution in [-0.2, 0) is 20.6 Å². The van der Waals surface area contributed by atoms with Crippen LogP contribution in [0.1, 0.15) is 31.2 Å². The number of imidazole rings is 1. The molecule has 0 amide bonds.